The number of nitrogens with zero attached hydrogens (tertiary/aromatic N) is 3. The Balaban J connectivity index is 1.45. The molecule has 6 nitrogen and oxygen atoms in total. The molecule has 2 aromatic heterocycles. The Kier molecular flexibility index (Phi) is 4.96. The lowest BCUT2D eigenvalue weighted by atomic mass is 10.0. The van der Waals surface area contributed by atoms with E-state index in [2.05, 4.69) is 27.0 Å². The number of carbonyl (C=O) groups excluding carboxylic acids is 1. The third-order valence-corrected chi connectivity index (χ3v) is 5.59. The highest BCUT2D eigenvalue weighted by Crippen LogP contribution is 2.19. The number of fused-ring (bicyclic) bond motifs is 1. The second kappa shape index (κ2) is 7.56. The Morgan fingerprint density at radius 1 is 1.14 bits per heavy atom. The maximum absolute atomic E-state index is 12.6. The van der Waals surface area contributed by atoms with Gasteiger partial charge in [0.2, 0.25) is 0 Å². The van der Waals surface area contributed by atoms with Gasteiger partial charge in [0, 0.05) is 50.7 Å². The van der Waals surface area contributed by atoms with Gasteiger partial charge in [-0.25, -0.2) is 0 Å². The molecule has 0 radical (unpaired) electrons. The summed E-state index contributed by atoms with van der Waals surface area (Å²) >= 11 is 0. The fraction of sp³-hybridized carbons (Fsp3) is 0.318. The van der Waals surface area contributed by atoms with Gasteiger partial charge in [-0.05, 0) is 48.6 Å². The van der Waals surface area contributed by atoms with Crippen LogP contribution >= 0.6 is 0 Å². The maximum atomic E-state index is 12.6. The molecule has 0 bridgehead atoms. The summed E-state index contributed by atoms with van der Waals surface area (Å²) in [6, 6.07) is 9.71. The van der Waals surface area contributed by atoms with Crippen LogP contribution in [0.2, 0.25) is 0 Å². The summed E-state index contributed by atoms with van der Waals surface area (Å²) in [5, 5.41) is 1.06. The van der Waals surface area contributed by atoms with Crippen molar-refractivity contribution in [2.45, 2.75) is 20.4 Å². The number of aromatic nitrogens is 2. The SMILES string of the molecule is Cc1ccc2cc(CN3CCN(C(=O)c4cccnc4)CC3)c(=O)[nH]c2c1C. The quantitative estimate of drug-likeness (QED) is 0.763. The van der Waals surface area contributed by atoms with Crippen LogP contribution in [-0.4, -0.2) is 51.9 Å². The van der Waals surface area contributed by atoms with Crippen molar-refractivity contribution in [3.8, 4) is 0 Å². The first-order chi connectivity index (χ1) is 13.5. The molecule has 1 N–H and O–H groups in total. The molecule has 6 heteroatoms. The first kappa shape index (κ1) is 18.4. The average Bonchev–Trinajstić information content (AvgIpc) is 2.73. The summed E-state index contributed by atoms with van der Waals surface area (Å²) in [7, 11) is 0. The predicted octanol–water partition coefficient (Wildman–Crippen LogP) is 2.50. The third kappa shape index (κ3) is 3.55. The summed E-state index contributed by atoms with van der Waals surface area (Å²) in [4.78, 5) is 36.3. The van der Waals surface area contributed by atoms with Crippen LogP contribution in [-0.2, 0) is 6.54 Å². The fourth-order valence-corrected chi connectivity index (χ4v) is 3.71. The van der Waals surface area contributed by atoms with Crippen LogP contribution in [0.3, 0.4) is 0 Å². The molecule has 144 valence electrons. The number of nitrogens with one attached hydrogen (secondary N) is 1. The van der Waals surface area contributed by atoms with Crippen molar-refractivity contribution < 1.29 is 4.79 Å². The normalized spacial score (nSPS) is 15.1. The molecule has 4 rings (SSSR count). The zero-order valence-corrected chi connectivity index (χ0v) is 16.2. The number of rotatable bonds is 3. The molecule has 1 aliphatic rings. The van der Waals surface area contributed by atoms with Crippen LogP contribution < -0.4 is 5.56 Å². The molecule has 3 heterocycles. The van der Waals surface area contributed by atoms with Crippen molar-refractivity contribution in [1.82, 2.24) is 19.8 Å². The number of hydrogen-bond donors (Lipinski definition) is 1. The molecule has 1 aromatic carbocycles. The highest BCUT2D eigenvalue weighted by atomic mass is 16.2. The molecule has 0 spiro atoms. The molecule has 1 fully saturated rings. The van der Waals surface area contributed by atoms with E-state index in [1.165, 1.54) is 5.56 Å². The molecule has 1 aliphatic heterocycles. The van der Waals surface area contributed by atoms with E-state index in [1.807, 2.05) is 24.8 Å². The predicted molar refractivity (Wildman–Crippen MR) is 109 cm³/mol. The van der Waals surface area contributed by atoms with E-state index >= 15 is 0 Å². The number of amides is 1. The van der Waals surface area contributed by atoms with Crippen molar-refractivity contribution in [3.63, 3.8) is 0 Å². The van der Waals surface area contributed by atoms with Gasteiger partial charge in [0.15, 0.2) is 0 Å². The second-order valence-corrected chi connectivity index (χ2v) is 7.41. The molecule has 0 unspecified atom stereocenters. The Labute approximate surface area is 163 Å². The van der Waals surface area contributed by atoms with Gasteiger partial charge < -0.3 is 9.88 Å². The molecule has 1 saturated heterocycles. The van der Waals surface area contributed by atoms with Crippen LogP contribution in [0.1, 0.15) is 27.0 Å². The van der Waals surface area contributed by atoms with E-state index in [-0.39, 0.29) is 11.5 Å². The van der Waals surface area contributed by atoms with Crippen molar-refractivity contribution in [2.75, 3.05) is 26.2 Å². The molecule has 0 saturated carbocycles. The maximum Gasteiger partial charge on any atom is 0.255 e. The van der Waals surface area contributed by atoms with Gasteiger partial charge in [0.1, 0.15) is 0 Å². The molecule has 0 aliphatic carbocycles. The number of aromatic amines is 1. The molecular formula is C22H24N4O2. The van der Waals surface area contributed by atoms with Gasteiger partial charge in [-0.1, -0.05) is 12.1 Å². The summed E-state index contributed by atoms with van der Waals surface area (Å²) in [5.74, 6) is 0.0159. The number of hydrogen-bond acceptors (Lipinski definition) is 4. The average molecular weight is 376 g/mol. The second-order valence-electron chi connectivity index (χ2n) is 7.41. The standard InChI is InChI=1S/C22H24N4O2/c1-15-5-6-17-12-19(21(27)24-20(17)16(15)2)14-25-8-10-26(11-9-25)22(28)18-4-3-7-23-13-18/h3-7,12-13H,8-11,14H2,1-2H3,(H,24,27). The third-order valence-electron chi connectivity index (χ3n) is 5.59. The number of pyridine rings is 2. The van der Waals surface area contributed by atoms with Gasteiger partial charge in [-0.3, -0.25) is 19.5 Å². The van der Waals surface area contributed by atoms with E-state index in [4.69, 9.17) is 0 Å². The molecule has 3 aromatic rings. The van der Waals surface area contributed by atoms with Crippen molar-refractivity contribution >= 4 is 16.8 Å². The fourth-order valence-electron chi connectivity index (χ4n) is 3.71. The summed E-state index contributed by atoms with van der Waals surface area (Å²) in [5.41, 5.74) is 4.56. The van der Waals surface area contributed by atoms with Gasteiger partial charge in [0.05, 0.1) is 11.1 Å². The number of benzene rings is 1. The Hall–Kier alpha value is -2.99. The van der Waals surface area contributed by atoms with Crippen molar-refractivity contribution in [2.24, 2.45) is 0 Å². The van der Waals surface area contributed by atoms with Gasteiger partial charge in [-0.2, -0.15) is 0 Å². The van der Waals surface area contributed by atoms with Crippen LogP contribution in [0, 0.1) is 13.8 Å². The first-order valence-electron chi connectivity index (χ1n) is 9.56. The summed E-state index contributed by atoms with van der Waals surface area (Å²) < 4.78 is 0. The zero-order valence-electron chi connectivity index (χ0n) is 16.2. The zero-order chi connectivity index (χ0) is 19.7. The largest absolute Gasteiger partial charge is 0.336 e. The van der Waals surface area contributed by atoms with Crippen LogP contribution in [0.15, 0.2) is 47.5 Å². The van der Waals surface area contributed by atoms with Crippen molar-refractivity contribution in [3.05, 3.63) is 75.3 Å². The van der Waals surface area contributed by atoms with Crippen LogP contribution in [0.25, 0.3) is 10.9 Å². The van der Waals surface area contributed by atoms with E-state index in [0.29, 0.717) is 25.2 Å². The Bertz CT molecular complexity index is 1070. The van der Waals surface area contributed by atoms with Gasteiger partial charge >= 0.3 is 0 Å². The van der Waals surface area contributed by atoms with Gasteiger partial charge in [0.25, 0.3) is 11.5 Å². The number of aryl methyl sites for hydroxylation is 2. The number of piperazine rings is 1. The number of H-pyrrole nitrogens is 1. The van der Waals surface area contributed by atoms with E-state index in [1.54, 1.807) is 24.5 Å². The number of carbonyl (C=O) groups is 1. The minimum atomic E-state index is -0.0323. The van der Waals surface area contributed by atoms with E-state index < -0.39 is 0 Å². The summed E-state index contributed by atoms with van der Waals surface area (Å²) in [6.07, 6.45) is 3.27. The Morgan fingerprint density at radius 3 is 2.64 bits per heavy atom. The molecular weight excluding hydrogens is 352 g/mol. The van der Waals surface area contributed by atoms with Crippen LogP contribution in [0.5, 0.6) is 0 Å². The molecule has 0 atom stereocenters. The molecule has 1 amide bonds. The smallest absolute Gasteiger partial charge is 0.255 e. The lowest BCUT2D eigenvalue weighted by Crippen LogP contribution is -2.48. The minimum Gasteiger partial charge on any atom is -0.336 e. The minimum absolute atomic E-state index is 0.0159. The van der Waals surface area contributed by atoms with Crippen LogP contribution in [0.4, 0.5) is 0 Å². The van der Waals surface area contributed by atoms with E-state index in [9.17, 15) is 9.59 Å². The highest BCUT2D eigenvalue weighted by Gasteiger charge is 2.23. The lowest BCUT2D eigenvalue weighted by Gasteiger charge is -2.34. The summed E-state index contributed by atoms with van der Waals surface area (Å²) in [6.45, 7) is 7.47. The van der Waals surface area contributed by atoms with Gasteiger partial charge in [-0.15, -0.1) is 0 Å². The Morgan fingerprint density at radius 2 is 1.93 bits per heavy atom. The topological polar surface area (TPSA) is 69.3 Å². The van der Waals surface area contributed by atoms with Crippen molar-refractivity contribution in [1.29, 1.82) is 0 Å². The monoisotopic (exact) mass is 376 g/mol. The first-order valence-corrected chi connectivity index (χ1v) is 9.56. The highest BCUT2D eigenvalue weighted by molar-refractivity contribution is 5.93. The lowest BCUT2D eigenvalue weighted by molar-refractivity contribution is 0.0627. The van der Waals surface area contributed by atoms with E-state index in [0.717, 1.165) is 35.1 Å². The molecule has 28 heavy (non-hydrogen) atoms.